The molecule has 1 aliphatic heterocycles. The zero-order chi connectivity index (χ0) is 27.2. The molecule has 2 bridgehead atoms. The lowest BCUT2D eigenvalue weighted by atomic mass is 9.55. The maximum absolute atomic E-state index is 13.8. The van der Waals surface area contributed by atoms with Crippen molar-refractivity contribution in [3.8, 4) is 11.5 Å². The first kappa shape index (κ1) is 24.3. The van der Waals surface area contributed by atoms with E-state index < -0.39 is 11.8 Å². The van der Waals surface area contributed by atoms with Crippen LogP contribution in [0.25, 0.3) is 0 Å². The van der Waals surface area contributed by atoms with E-state index in [0.717, 1.165) is 32.8 Å². The highest BCUT2D eigenvalue weighted by Gasteiger charge is 2.61. The Balaban J connectivity index is 1.17. The number of carbonyl (C=O) groups excluding carboxylic acids is 2. The number of amides is 2. The van der Waals surface area contributed by atoms with Gasteiger partial charge in [0.15, 0.2) is 11.5 Å². The third-order valence-electron chi connectivity index (χ3n) is 8.25. The number of hydrogen-bond donors (Lipinski definition) is 0. The van der Waals surface area contributed by atoms with E-state index in [9.17, 15) is 9.59 Å². The van der Waals surface area contributed by atoms with Crippen molar-refractivity contribution in [3.05, 3.63) is 130 Å². The molecule has 0 unspecified atom stereocenters. The van der Waals surface area contributed by atoms with Gasteiger partial charge in [0.2, 0.25) is 0 Å². The van der Waals surface area contributed by atoms with Crippen LogP contribution in [-0.4, -0.2) is 29.6 Å². The van der Waals surface area contributed by atoms with Gasteiger partial charge in [-0.05, 0) is 58.5 Å². The minimum atomic E-state index is -0.452. The second-order valence-electron chi connectivity index (χ2n) is 10.4. The van der Waals surface area contributed by atoms with Crippen LogP contribution in [0.15, 0.2) is 102 Å². The highest BCUT2D eigenvalue weighted by Crippen LogP contribution is 2.60. The van der Waals surface area contributed by atoms with Crippen LogP contribution in [0.5, 0.6) is 11.5 Å². The Morgan fingerprint density at radius 3 is 1.80 bits per heavy atom. The molecule has 0 saturated carbocycles. The van der Waals surface area contributed by atoms with E-state index in [4.69, 9.17) is 9.47 Å². The molecule has 198 valence electrons. The highest BCUT2D eigenvalue weighted by molar-refractivity contribution is 6.08. The molecule has 6 nitrogen and oxygen atoms in total. The molecule has 1 saturated heterocycles. The summed E-state index contributed by atoms with van der Waals surface area (Å²) in [6, 6.07) is 31.9. The van der Waals surface area contributed by atoms with Gasteiger partial charge in [0, 0.05) is 11.8 Å². The number of nitrogens with zero attached hydrogens (tertiary/aromatic N) is 2. The molecule has 8 rings (SSSR count). The molecule has 0 radical (unpaired) electrons. The number of rotatable bonds is 7. The molecule has 40 heavy (non-hydrogen) atoms. The van der Waals surface area contributed by atoms with Gasteiger partial charge in [-0.25, -0.2) is 0 Å². The largest absolute Gasteiger partial charge is 0.490 e. The van der Waals surface area contributed by atoms with E-state index in [1.807, 2.05) is 79.7 Å². The SMILES string of the molecule is CCOc1cc(/C=N\N2C(=O)[C@@H]3C4c5ccccc5C(c5ccccc54)[C@@H]3C2=O)ccc1OCc1ccccc1. The molecule has 4 aliphatic rings. The molecule has 4 aromatic carbocycles. The van der Waals surface area contributed by atoms with Crippen molar-refractivity contribution in [1.29, 1.82) is 0 Å². The van der Waals surface area contributed by atoms with Crippen molar-refractivity contribution in [2.45, 2.75) is 25.4 Å². The van der Waals surface area contributed by atoms with Crippen LogP contribution in [-0.2, 0) is 16.2 Å². The Bertz CT molecular complexity index is 1530. The first-order valence-electron chi connectivity index (χ1n) is 13.7. The molecular weight excluding hydrogens is 500 g/mol. The Hall–Kier alpha value is -4.71. The van der Waals surface area contributed by atoms with Crippen molar-refractivity contribution in [3.63, 3.8) is 0 Å². The number of carbonyl (C=O) groups is 2. The lowest BCUT2D eigenvalue weighted by Crippen LogP contribution is -2.41. The van der Waals surface area contributed by atoms with E-state index in [0.29, 0.717) is 30.3 Å². The number of imide groups is 1. The van der Waals surface area contributed by atoms with Crippen molar-refractivity contribution in [2.24, 2.45) is 16.9 Å². The summed E-state index contributed by atoms with van der Waals surface area (Å²) >= 11 is 0. The minimum Gasteiger partial charge on any atom is -0.490 e. The first-order chi connectivity index (χ1) is 19.7. The Morgan fingerprint density at radius 2 is 1.25 bits per heavy atom. The number of benzene rings is 4. The van der Waals surface area contributed by atoms with Gasteiger partial charge in [0.1, 0.15) is 6.61 Å². The van der Waals surface area contributed by atoms with Crippen LogP contribution in [0.3, 0.4) is 0 Å². The van der Waals surface area contributed by atoms with E-state index in [-0.39, 0.29) is 23.7 Å². The molecule has 0 aromatic heterocycles. The van der Waals surface area contributed by atoms with Gasteiger partial charge in [-0.1, -0.05) is 78.9 Å². The maximum atomic E-state index is 13.8. The smallest absolute Gasteiger partial charge is 0.254 e. The van der Waals surface area contributed by atoms with Crippen LogP contribution in [0, 0.1) is 11.8 Å². The summed E-state index contributed by atoms with van der Waals surface area (Å²) in [6.07, 6.45) is 1.55. The predicted octanol–water partition coefficient (Wildman–Crippen LogP) is 5.89. The first-order valence-corrected chi connectivity index (χ1v) is 13.7. The van der Waals surface area contributed by atoms with Crippen molar-refractivity contribution < 1.29 is 19.1 Å². The summed E-state index contributed by atoms with van der Waals surface area (Å²) in [6.45, 7) is 2.80. The molecule has 1 fully saturated rings. The lowest BCUT2D eigenvalue weighted by molar-refractivity contribution is -0.139. The normalized spacial score (nSPS) is 22.3. The van der Waals surface area contributed by atoms with E-state index >= 15 is 0 Å². The molecule has 3 aliphatic carbocycles. The molecule has 2 atom stereocenters. The summed E-state index contributed by atoms with van der Waals surface area (Å²) in [7, 11) is 0. The third kappa shape index (κ3) is 3.82. The molecule has 4 aromatic rings. The highest BCUT2D eigenvalue weighted by atomic mass is 16.5. The number of hydrazone groups is 1. The second-order valence-corrected chi connectivity index (χ2v) is 10.4. The average molecular weight is 529 g/mol. The molecule has 6 heteroatoms. The van der Waals surface area contributed by atoms with Crippen LogP contribution in [0.4, 0.5) is 0 Å². The van der Waals surface area contributed by atoms with Gasteiger partial charge in [0.05, 0.1) is 24.7 Å². The summed E-state index contributed by atoms with van der Waals surface area (Å²) in [4.78, 5) is 27.5. The fourth-order valence-electron chi connectivity index (χ4n) is 6.63. The van der Waals surface area contributed by atoms with Crippen LogP contribution >= 0.6 is 0 Å². The van der Waals surface area contributed by atoms with Crippen LogP contribution < -0.4 is 9.47 Å². The van der Waals surface area contributed by atoms with Crippen molar-refractivity contribution in [2.75, 3.05) is 6.61 Å². The molecule has 0 N–H and O–H groups in total. The molecule has 1 heterocycles. The second kappa shape index (κ2) is 9.79. The summed E-state index contributed by atoms with van der Waals surface area (Å²) in [5.41, 5.74) is 6.35. The van der Waals surface area contributed by atoms with E-state index in [1.165, 1.54) is 0 Å². The van der Waals surface area contributed by atoms with Gasteiger partial charge >= 0.3 is 0 Å². The Morgan fingerprint density at radius 1 is 0.700 bits per heavy atom. The molecular formula is C34H28N2O4. The topological polar surface area (TPSA) is 68.2 Å². The van der Waals surface area contributed by atoms with Gasteiger partial charge in [-0.15, -0.1) is 0 Å². The molecule has 0 spiro atoms. The quantitative estimate of drug-likeness (QED) is 0.222. The zero-order valence-electron chi connectivity index (χ0n) is 22.1. The summed E-state index contributed by atoms with van der Waals surface area (Å²) in [5, 5.41) is 5.53. The average Bonchev–Trinajstić information content (AvgIpc) is 3.25. The van der Waals surface area contributed by atoms with Gasteiger partial charge in [-0.2, -0.15) is 10.1 Å². The van der Waals surface area contributed by atoms with Crippen molar-refractivity contribution in [1.82, 2.24) is 5.01 Å². The Kier molecular flexibility index (Phi) is 5.96. The van der Waals surface area contributed by atoms with Gasteiger partial charge < -0.3 is 9.47 Å². The lowest BCUT2D eigenvalue weighted by Gasteiger charge is -2.45. The van der Waals surface area contributed by atoms with Crippen LogP contribution in [0.2, 0.25) is 0 Å². The number of hydrogen-bond acceptors (Lipinski definition) is 5. The van der Waals surface area contributed by atoms with Crippen molar-refractivity contribution >= 4 is 18.0 Å². The third-order valence-corrected chi connectivity index (χ3v) is 8.25. The fourth-order valence-corrected chi connectivity index (χ4v) is 6.63. The summed E-state index contributed by atoms with van der Waals surface area (Å²) < 4.78 is 11.8. The maximum Gasteiger partial charge on any atom is 0.254 e. The van der Waals surface area contributed by atoms with Gasteiger partial charge in [-0.3, -0.25) is 9.59 Å². The number of ether oxygens (including phenoxy) is 2. The predicted molar refractivity (Wildman–Crippen MR) is 151 cm³/mol. The van der Waals surface area contributed by atoms with Crippen LogP contribution in [0.1, 0.15) is 52.1 Å². The summed E-state index contributed by atoms with van der Waals surface area (Å²) in [5.74, 6) is -0.474. The standard InChI is InChI=1S/C34H28N2O4/c1-2-39-28-18-22(16-17-27(28)40-20-21-10-4-3-5-11-21)19-35-36-33(37)31-29-23-12-6-7-13-24(23)30(32(31)34(36)38)26-15-9-8-14-25(26)29/h3-19,29-32H,2,20H2,1H3/b35-19-/t29?,30?,31-,32+. The van der Waals surface area contributed by atoms with Gasteiger partial charge in [0.25, 0.3) is 11.8 Å². The molecule has 2 amide bonds. The Labute approximate surface area is 232 Å². The monoisotopic (exact) mass is 528 g/mol. The van der Waals surface area contributed by atoms with E-state index in [1.54, 1.807) is 6.21 Å². The van der Waals surface area contributed by atoms with E-state index in [2.05, 4.69) is 29.4 Å². The minimum absolute atomic E-state index is 0.148. The fraction of sp³-hybridized carbons (Fsp3) is 0.206. The zero-order valence-corrected chi connectivity index (χ0v) is 22.1.